The summed E-state index contributed by atoms with van der Waals surface area (Å²) in [4.78, 5) is 63.4. The number of aliphatic carboxylic acids is 1. The summed E-state index contributed by atoms with van der Waals surface area (Å²) in [5.74, 6) is -1.88. The lowest BCUT2D eigenvalue weighted by Crippen LogP contribution is -2.47. The van der Waals surface area contributed by atoms with Gasteiger partial charge in [0.1, 0.15) is 35.1 Å². The molecular formula is C44H52N6O10S. The first kappa shape index (κ1) is 45.6. The molecule has 1 aliphatic heterocycles. The number of hydrogen-bond donors (Lipinski definition) is 4. The molecule has 2 heterocycles. The Morgan fingerprint density at radius 2 is 1.46 bits per heavy atom. The molecule has 61 heavy (non-hydrogen) atoms. The number of hydrogen-bond acceptors (Lipinski definition) is 13. The minimum Gasteiger partial charge on any atom is -0.489 e. The second-order valence-corrected chi connectivity index (χ2v) is 17.3. The second kappa shape index (κ2) is 20.2. The Labute approximate surface area is 358 Å². The van der Waals surface area contributed by atoms with Crippen molar-refractivity contribution in [2.24, 2.45) is 5.16 Å². The van der Waals surface area contributed by atoms with E-state index in [1.807, 2.05) is 81.4 Å². The van der Waals surface area contributed by atoms with Crippen molar-refractivity contribution in [1.29, 1.82) is 5.41 Å². The van der Waals surface area contributed by atoms with E-state index < -0.39 is 53.8 Å². The van der Waals surface area contributed by atoms with Crippen molar-refractivity contribution in [1.82, 2.24) is 15.2 Å². The molecular weight excluding hydrogens is 805 g/mol. The number of benzene rings is 3. The van der Waals surface area contributed by atoms with E-state index >= 15 is 0 Å². The SMILES string of the molecule is Cc1sc(NC(=O)OC(C)(C)C)nc1/C(=N/OC(COc1ccc(C(=N)NC2CCN(C(=O)OC(C)(C)C)CC2)cc1)C(=O)OC(c1ccccc1)c1ccccc1)C(=O)O. The number of nitrogens with zero attached hydrogens (tertiary/aromatic N) is 3. The highest BCUT2D eigenvalue weighted by Gasteiger charge is 2.31. The summed E-state index contributed by atoms with van der Waals surface area (Å²) < 4.78 is 22.8. The second-order valence-electron chi connectivity index (χ2n) is 16.1. The molecule has 3 aromatic carbocycles. The molecule has 0 saturated carbocycles. The van der Waals surface area contributed by atoms with Gasteiger partial charge in [-0.2, -0.15) is 0 Å². The summed E-state index contributed by atoms with van der Waals surface area (Å²) in [7, 11) is 0. The lowest BCUT2D eigenvalue weighted by atomic mass is 10.0. The molecule has 324 valence electrons. The van der Waals surface area contributed by atoms with Gasteiger partial charge in [0.15, 0.2) is 11.2 Å². The van der Waals surface area contributed by atoms with Crippen molar-refractivity contribution in [3.05, 3.63) is 112 Å². The molecule has 0 spiro atoms. The van der Waals surface area contributed by atoms with Crippen LogP contribution in [0.1, 0.15) is 87.7 Å². The highest BCUT2D eigenvalue weighted by atomic mass is 32.1. The standard InChI is InChI=1S/C44H52N6O10S/c1-27-34(47-40(61-27)48-41(54)58-43(2,3)4)35(38(51)52)49-60-33(39(53)57-36(28-14-10-8-11-15-28)29-16-12-9-13-17-29)26-56-32-20-18-30(19-21-32)37(45)46-31-22-24-50(25-23-31)42(55)59-44(5,6)7/h8-21,31,33,36H,22-26H2,1-7H3,(H2,45,46)(H,51,52)(H,47,48,54)/b49-35-. The van der Waals surface area contributed by atoms with Crippen molar-refractivity contribution in [2.75, 3.05) is 25.0 Å². The number of thiazole rings is 1. The summed E-state index contributed by atoms with van der Waals surface area (Å²) in [5, 5.41) is 28.6. The van der Waals surface area contributed by atoms with Crippen LogP contribution in [0.15, 0.2) is 90.1 Å². The maximum absolute atomic E-state index is 14.0. The number of carbonyl (C=O) groups excluding carboxylic acids is 3. The zero-order valence-electron chi connectivity index (χ0n) is 35.2. The molecule has 1 saturated heterocycles. The van der Waals surface area contributed by atoms with Crippen molar-refractivity contribution in [3.8, 4) is 5.75 Å². The van der Waals surface area contributed by atoms with Gasteiger partial charge < -0.3 is 39.1 Å². The lowest BCUT2D eigenvalue weighted by molar-refractivity contribution is -0.163. The highest BCUT2D eigenvalue weighted by Crippen LogP contribution is 2.28. The van der Waals surface area contributed by atoms with Gasteiger partial charge in [0.25, 0.3) is 6.10 Å². The number of carboxylic acid groups (broad SMARTS) is 1. The van der Waals surface area contributed by atoms with Crippen molar-refractivity contribution in [2.45, 2.75) is 90.8 Å². The van der Waals surface area contributed by atoms with Gasteiger partial charge in [-0.3, -0.25) is 10.7 Å². The molecule has 0 bridgehead atoms. The normalized spacial score (nSPS) is 14.1. The number of aromatic nitrogens is 1. The van der Waals surface area contributed by atoms with Crippen LogP contribution in [0.4, 0.5) is 14.7 Å². The molecule has 17 heteroatoms. The topological polar surface area (TPSA) is 211 Å². The number of aryl methyl sites for hydroxylation is 1. The van der Waals surface area contributed by atoms with Gasteiger partial charge in [0.2, 0.25) is 5.71 Å². The number of nitrogens with one attached hydrogen (secondary N) is 3. The third-order valence-corrected chi connectivity index (χ3v) is 9.73. The average Bonchev–Trinajstić information content (AvgIpc) is 3.55. The molecule has 1 unspecified atom stereocenters. The lowest BCUT2D eigenvalue weighted by Gasteiger charge is -2.34. The van der Waals surface area contributed by atoms with E-state index in [1.165, 1.54) is 0 Å². The van der Waals surface area contributed by atoms with E-state index in [0.717, 1.165) is 11.3 Å². The number of esters is 1. The van der Waals surface area contributed by atoms with Crippen LogP contribution in [0.2, 0.25) is 0 Å². The zero-order chi connectivity index (χ0) is 44.3. The fraction of sp³-hybridized carbons (Fsp3) is 0.386. The van der Waals surface area contributed by atoms with E-state index in [1.54, 1.807) is 56.9 Å². The molecule has 2 amide bonds. The van der Waals surface area contributed by atoms with Crippen molar-refractivity contribution >= 4 is 52.1 Å². The molecule has 1 fully saturated rings. The van der Waals surface area contributed by atoms with Gasteiger partial charge in [-0.05, 0) is 96.7 Å². The number of amides is 2. The molecule has 16 nitrogen and oxygen atoms in total. The summed E-state index contributed by atoms with van der Waals surface area (Å²) in [6.45, 7) is 12.7. The Morgan fingerprint density at radius 3 is 2.00 bits per heavy atom. The number of likely N-dealkylation sites (tertiary alicyclic amines) is 1. The number of oxime groups is 1. The van der Waals surface area contributed by atoms with Crippen LogP contribution in [-0.2, 0) is 28.6 Å². The van der Waals surface area contributed by atoms with Crippen LogP contribution in [0, 0.1) is 12.3 Å². The first-order valence-electron chi connectivity index (χ1n) is 19.7. The first-order chi connectivity index (χ1) is 28.8. The molecule has 4 N–H and O–H groups in total. The maximum atomic E-state index is 14.0. The van der Waals surface area contributed by atoms with E-state index in [-0.39, 0.29) is 28.8 Å². The number of anilines is 1. The molecule has 5 rings (SSSR count). The van der Waals surface area contributed by atoms with Gasteiger partial charge in [-0.15, -0.1) is 11.3 Å². The number of piperidine rings is 1. The van der Waals surface area contributed by atoms with Crippen LogP contribution in [0.5, 0.6) is 5.75 Å². The van der Waals surface area contributed by atoms with Gasteiger partial charge in [0, 0.05) is 29.6 Å². The minimum absolute atomic E-state index is 0.0150. The fourth-order valence-corrected chi connectivity index (χ4v) is 6.79. The Balaban J connectivity index is 1.31. The number of carbonyl (C=O) groups is 4. The van der Waals surface area contributed by atoms with Crippen LogP contribution < -0.4 is 15.4 Å². The quantitative estimate of drug-likeness (QED) is 0.0316. The molecule has 1 atom stereocenters. The third-order valence-electron chi connectivity index (χ3n) is 8.84. The van der Waals surface area contributed by atoms with Gasteiger partial charge in [-0.25, -0.2) is 24.2 Å². The Morgan fingerprint density at radius 1 is 0.885 bits per heavy atom. The van der Waals surface area contributed by atoms with Crippen LogP contribution in [0.3, 0.4) is 0 Å². The smallest absolute Gasteiger partial charge is 0.413 e. The number of ether oxygens (including phenoxy) is 4. The van der Waals surface area contributed by atoms with E-state index in [2.05, 4.69) is 20.8 Å². The van der Waals surface area contributed by atoms with Crippen LogP contribution in [0.25, 0.3) is 0 Å². The Bertz CT molecular complexity index is 2140. The predicted octanol–water partition coefficient (Wildman–Crippen LogP) is 7.70. The molecule has 4 aromatic rings. The van der Waals surface area contributed by atoms with Gasteiger partial charge >= 0.3 is 24.1 Å². The van der Waals surface area contributed by atoms with Crippen LogP contribution in [-0.4, -0.2) is 93.7 Å². The summed E-state index contributed by atoms with van der Waals surface area (Å²) >= 11 is 1.00. The Kier molecular flexibility index (Phi) is 15.1. The summed E-state index contributed by atoms with van der Waals surface area (Å²) in [6.07, 6.45) is -2.26. The van der Waals surface area contributed by atoms with Crippen molar-refractivity contribution in [3.63, 3.8) is 0 Å². The maximum Gasteiger partial charge on any atom is 0.413 e. The molecule has 1 aliphatic rings. The average molecular weight is 857 g/mol. The van der Waals surface area contributed by atoms with Crippen molar-refractivity contribution < 1.29 is 48.1 Å². The molecule has 1 aromatic heterocycles. The zero-order valence-corrected chi connectivity index (χ0v) is 36.0. The van der Waals surface area contributed by atoms with E-state index in [4.69, 9.17) is 29.2 Å². The first-order valence-corrected chi connectivity index (χ1v) is 20.5. The Hall–Kier alpha value is -6.49. The summed E-state index contributed by atoms with van der Waals surface area (Å²) in [6, 6.07) is 24.8. The number of amidine groups is 1. The fourth-order valence-electron chi connectivity index (χ4n) is 5.99. The summed E-state index contributed by atoms with van der Waals surface area (Å²) in [5.41, 5.74) is -0.138. The monoisotopic (exact) mass is 856 g/mol. The van der Waals surface area contributed by atoms with Gasteiger partial charge in [-0.1, -0.05) is 65.8 Å². The number of rotatable bonds is 14. The van der Waals surface area contributed by atoms with Gasteiger partial charge in [0.05, 0.1) is 0 Å². The molecule has 0 aliphatic carbocycles. The highest BCUT2D eigenvalue weighted by molar-refractivity contribution is 7.16. The van der Waals surface area contributed by atoms with Crippen LogP contribution >= 0.6 is 11.3 Å². The van der Waals surface area contributed by atoms with E-state index in [0.29, 0.717) is 53.2 Å². The minimum atomic E-state index is -1.58. The molecule has 0 radical (unpaired) electrons. The largest absolute Gasteiger partial charge is 0.489 e. The third kappa shape index (κ3) is 13.8. The predicted molar refractivity (Wildman–Crippen MR) is 229 cm³/mol. The number of carboxylic acids is 1. The van der Waals surface area contributed by atoms with E-state index in [9.17, 15) is 24.3 Å².